The normalized spacial score (nSPS) is 54.7. The lowest BCUT2D eigenvalue weighted by molar-refractivity contribution is -0.345. The molecule has 0 amide bonds. The van der Waals surface area contributed by atoms with E-state index in [1.54, 1.807) is 0 Å². The van der Waals surface area contributed by atoms with Crippen LogP contribution >= 0.6 is 0 Å². The zero-order valence-electron chi connectivity index (χ0n) is 34.2. The maximum absolute atomic E-state index is 14.6. The summed E-state index contributed by atoms with van der Waals surface area (Å²) in [6.45, 7) is 11.6. The molecule has 20 atom stereocenters. The highest BCUT2D eigenvalue weighted by atomic mass is 16.7. The number of aliphatic hydroxyl groups is 10. The second kappa shape index (κ2) is 14.9. The highest BCUT2D eigenvalue weighted by Crippen LogP contribution is 2.76. The average Bonchev–Trinajstić information content (AvgIpc) is 3.16. The Morgan fingerprint density at radius 2 is 1.30 bits per heavy atom. The number of esters is 1. The zero-order chi connectivity index (χ0) is 41.8. The van der Waals surface area contributed by atoms with Gasteiger partial charge in [0.25, 0.3) is 0 Å². The third-order valence-corrected chi connectivity index (χ3v) is 17.3. The summed E-state index contributed by atoms with van der Waals surface area (Å²) in [5.74, 6) is -0.763. The van der Waals surface area contributed by atoms with Crippen molar-refractivity contribution in [3.8, 4) is 0 Å². The van der Waals surface area contributed by atoms with Crippen LogP contribution in [0.4, 0.5) is 0 Å². The summed E-state index contributed by atoms with van der Waals surface area (Å²) in [6, 6.07) is 0. The van der Waals surface area contributed by atoms with E-state index in [0.717, 1.165) is 19.3 Å². The maximum atomic E-state index is 14.6. The maximum Gasteiger partial charge on any atom is 0.315 e. The number of hydrogen-bond donors (Lipinski definition) is 10. The van der Waals surface area contributed by atoms with Crippen LogP contribution in [0.25, 0.3) is 0 Å². The Bertz CT molecular complexity index is 1540. The molecule has 2 aliphatic heterocycles. The van der Waals surface area contributed by atoms with Crippen molar-refractivity contribution >= 4 is 5.97 Å². The first kappa shape index (κ1) is 43.8. The summed E-state index contributed by atoms with van der Waals surface area (Å²) < 4.78 is 23.6. The van der Waals surface area contributed by atoms with Gasteiger partial charge in [0.2, 0.25) is 6.29 Å². The minimum atomic E-state index is -1.70. The monoisotopic (exact) mass is 812 g/mol. The summed E-state index contributed by atoms with van der Waals surface area (Å²) in [4.78, 5) is 14.6. The molecular formula is C42H68O15. The fraction of sp³-hybridized carbons (Fsp3) is 0.929. The van der Waals surface area contributed by atoms with Crippen LogP contribution in [0.5, 0.6) is 0 Å². The first-order valence-electron chi connectivity index (χ1n) is 21.1. The fourth-order valence-corrected chi connectivity index (χ4v) is 13.7. The highest BCUT2D eigenvalue weighted by Gasteiger charge is 2.71. The first-order chi connectivity index (χ1) is 26.6. The van der Waals surface area contributed by atoms with Crippen molar-refractivity contribution in [2.75, 3.05) is 19.8 Å². The molecule has 4 saturated carbocycles. The molecule has 7 rings (SSSR count). The quantitative estimate of drug-likeness (QED) is 0.0940. The van der Waals surface area contributed by atoms with Gasteiger partial charge in [-0.25, -0.2) is 0 Å². The third kappa shape index (κ3) is 6.43. The molecular weight excluding hydrogens is 744 g/mol. The second-order valence-electron chi connectivity index (χ2n) is 20.7. The van der Waals surface area contributed by atoms with Crippen molar-refractivity contribution in [2.24, 2.45) is 50.2 Å². The van der Waals surface area contributed by atoms with Gasteiger partial charge in [0, 0.05) is 5.41 Å². The molecule has 10 N–H and O–H groups in total. The molecule has 0 aromatic rings. The number of carbonyl (C=O) groups is 1. The van der Waals surface area contributed by atoms with Crippen LogP contribution in [0.2, 0.25) is 0 Å². The number of allylic oxidation sites excluding steroid dienone is 2. The lowest BCUT2D eigenvalue weighted by Crippen LogP contribution is -2.69. The van der Waals surface area contributed by atoms with E-state index in [4.69, 9.17) is 18.9 Å². The number of hydrogen-bond acceptors (Lipinski definition) is 15. The SMILES string of the molecule is CC1(C)CC[C@]2(C(=O)O[C@@H]3O[C@H](CO)[C@H](O)[C@H](O)[C@@H]3O)CC[C@]3(C)C(=CC[C@@H]4[C@@]5(C)C[C@H](O)[C@H](O[C@@H]6O[C@H](CO)[C@H](O)[C@H](O)[C@H]6O)[C@@](C)(CO)[C@@H]5CC[C@]43C)[C@@H]2C1. The van der Waals surface area contributed by atoms with Gasteiger partial charge in [-0.15, -0.1) is 0 Å². The predicted octanol–water partition coefficient (Wildman–Crippen LogP) is 0.260. The summed E-state index contributed by atoms with van der Waals surface area (Å²) in [6.07, 6.45) is -9.20. The zero-order valence-corrected chi connectivity index (χ0v) is 34.2. The Morgan fingerprint density at radius 3 is 1.89 bits per heavy atom. The number of rotatable bonds is 7. The molecule has 57 heavy (non-hydrogen) atoms. The largest absolute Gasteiger partial charge is 0.432 e. The van der Waals surface area contributed by atoms with Crippen LogP contribution in [0.15, 0.2) is 11.6 Å². The van der Waals surface area contributed by atoms with Crippen LogP contribution in [-0.4, -0.2) is 150 Å². The highest BCUT2D eigenvalue weighted by molar-refractivity contribution is 5.79. The molecule has 2 saturated heterocycles. The molecule has 15 nitrogen and oxygen atoms in total. The van der Waals surface area contributed by atoms with Gasteiger partial charge < -0.3 is 70.0 Å². The number of fused-ring (bicyclic) bond motifs is 7. The Morgan fingerprint density at radius 1 is 0.719 bits per heavy atom. The minimum Gasteiger partial charge on any atom is -0.432 e. The van der Waals surface area contributed by atoms with Crippen LogP contribution in [-0.2, 0) is 23.7 Å². The second-order valence-corrected chi connectivity index (χ2v) is 20.7. The molecule has 326 valence electrons. The van der Waals surface area contributed by atoms with Crippen LogP contribution in [0.1, 0.15) is 99.3 Å². The first-order valence-corrected chi connectivity index (χ1v) is 21.1. The van der Waals surface area contributed by atoms with Gasteiger partial charge in [0.05, 0.1) is 37.4 Å². The lowest BCUT2D eigenvalue weighted by Gasteiger charge is -2.72. The molecule has 15 heteroatoms. The molecule has 0 radical (unpaired) electrons. The predicted molar refractivity (Wildman–Crippen MR) is 200 cm³/mol. The molecule has 0 aromatic carbocycles. The van der Waals surface area contributed by atoms with E-state index in [-0.39, 0.29) is 40.6 Å². The topological polar surface area (TPSA) is 256 Å². The van der Waals surface area contributed by atoms with Crippen LogP contribution < -0.4 is 0 Å². The van der Waals surface area contributed by atoms with Crippen molar-refractivity contribution in [2.45, 2.75) is 173 Å². The average molecular weight is 813 g/mol. The van der Waals surface area contributed by atoms with Gasteiger partial charge in [-0.05, 0) is 97.2 Å². The van der Waals surface area contributed by atoms with E-state index >= 15 is 0 Å². The number of ether oxygens (including phenoxy) is 4. The molecule has 0 aromatic heterocycles. The summed E-state index contributed by atoms with van der Waals surface area (Å²) in [5.41, 5.74) is -1.89. The summed E-state index contributed by atoms with van der Waals surface area (Å²) in [5, 5.41) is 106. The van der Waals surface area contributed by atoms with E-state index in [0.29, 0.717) is 38.5 Å². The van der Waals surface area contributed by atoms with Crippen LogP contribution in [0.3, 0.4) is 0 Å². The van der Waals surface area contributed by atoms with Gasteiger partial charge in [-0.2, -0.15) is 0 Å². The van der Waals surface area contributed by atoms with Crippen molar-refractivity contribution in [3.05, 3.63) is 11.6 Å². The van der Waals surface area contributed by atoms with E-state index in [1.165, 1.54) is 5.57 Å². The molecule has 0 bridgehead atoms. The molecule has 7 aliphatic rings. The van der Waals surface area contributed by atoms with Gasteiger partial charge in [-0.1, -0.05) is 53.2 Å². The lowest BCUT2D eigenvalue weighted by atomic mass is 9.33. The van der Waals surface area contributed by atoms with Crippen LogP contribution in [0, 0.1) is 50.2 Å². The van der Waals surface area contributed by atoms with Gasteiger partial charge >= 0.3 is 5.97 Å². The Kier molecular flexibility index (Phi) is 11.5. The van der Waals surface area contributed by atoms with Gasteiger partial charge in [0.15, 0.2) is 6.29 Å². The van der Waals surface area contributed by atoms with E-state index in [9.17, 15) is 55.9 Å². The van der Waals surface area contributed by atoms with Gasteiger partial charge in [0.1, 0.15) is 48.8 Å². The third-order valence-electron chi connectivity index (χ3n) is 17.3. The van der Waals surface area contributed by atoms with Crippen molar-refractivity contribution < 1.29 is 74.8 Å². The summed E-state index contributed by atoms with van der Waals surface area (Å²) in [7, 11) is 0. The smallest absolute Gasteiger partial charge is 0.315 e. The molecule has 6 fully saturated rings. The van der Waals surface area contributed by atoms with Crippen molar-refractivity contribution in [3.63, 3.8) is 0 Å². The van der Waals surface area contributed by atoms with E-state index in [1.807, 2.05) is 6.92 Å². The van der Waals surface area contributed by atoms with E-state index < -0.39 is 109 Å². The molecule has 2 heterocycles. The van der Waals surface area contributed by atoms with Gasteiger partial charge in [-0.3, -0.25) is 4.79 Å². The minimum absolute atomic E-state index is 0.0661. The number of aliphatic hydroxyl groups excluding tert-OH is 10. The summed E-state index contributed by atoms with van der Waals surface area (Å²) >= 11 is 0. The fourth-order valence-electron chi connectivity index (χ4n) is 13.7. The standard InChI is InChI=1S/C42H68O15/c1-37(2)11-13-42(36(53)57-35-32(52)30(50)28(48)24(18-44)55-35)14-12-40(5)20(21(42)15-37)7-8-26-38(3)16-22(46)33(39(4,19-45)25(38)9-10-41(26,40)6)56-34-31(51)29(49)27(47)23(17-43)54-34/h7,21-35,43-52H,8-19H2,1-6H3/t21-,22-,23+,24+,25+,26+,27-,28-,29-,30-,31+,32-,33-,34-,35-,38-,39-,40+,41+,42-/m0/s1. The molecule has 0 spiro atoms. The van der Waals surface area contributed by atoms with Crippen molar-refractivity contribution in [1.82, 2.24) is 0 Å². The van der Waals surface area contributed by atoms with E-state index in [2.05, 4.69) is 40.7 Å². The molecule has 0 unspecified atom stereocenters. The Hall–Kier alpha value is -1.31. The Balaban J connectivity index is 1.19. The number of carbonyl (C=O) groups excluding carboxylic acids is 1. The molecule has 5 aliphatic carbocycles. The Labute approximate surface area is 335 Å². The van der Waals surface area contributed by atoms with Crippen molar-refractivity contribution in [1.29, 1.82) is 0 Å².